The van der Waals surface area contributed by atoms with Crippen LogP contribution in [0.15, 0.2) is 83.9 Å². The summed E-state index contributed by atoms with van der Waals surface area (Å²) in [6.45, 7) is 4.97. The zero-order valence-electron chi connectivity index (χ0n) is 21.5. The summed E-state index contributed by atoms with van der Waals surface area (Å²) in [6, 6.07) is 28.0. The van der Waals surface area contributed by atoms with Crippen molar-refractivity contribution in [3.8, 4) is 0 Å². The first-order chi connectivity index (χ1) is 17.2. The zero-order chi connectivity index (χ0) is 23.3. The smallest absolute Gasteiger partial charge is 0.147 e. The maximum absolute atomic E-state index is 2.95. The van der Waals surface area contributed by atoms with Crippen molar-refractivity contribution < 1.29 is 20.0 Å². The molecule has 2 fully saturated rings. The summed E-state index contributed by atoms with van der Waals surface area (Å²) in [7, 11) is 0. The molecule has 4 unspecified atom stereocenters. The molecule has 0 radical (unpaired) electrons. The minimum atomic E-state index is -2.95. The van der Waals surface area contributed by atoms with Crippen molar-refractivity contribution >= 4 is 58.5 Å². The van der Waals surface area contributed by atoms with Crippen molar-refractivity contribution in [3.05, 3.63) is 106 Å². The molecule has 4 aliphatic rings. The van der Waals surface area contributed by atoms with Crippen molar-refractivity contribution in [2.75, 3.05) is 0 Å². The van der Waals surface area contributed by atoms with Gasteiger partial charge in [0.05, 0.1) is 0 Å². The monoisotopic (exact) mass is 692 g/mol. The largest absolute Gasteiger partial charge is 0.147 e. The molecule has 8 rings (SSSR count). The Hall–Kier alpha value is -1.67. The number of benzene rings is 4. The van der Waals surface area contributed by atoms with E-state index in [1.54, 1.807) is 33.4 Å². The summed E-state index contributed by atoms with van der Waals surface area (Å²) in [5.41, 5.74) is 9.86. The second-order valence-corrected chi connectivity index (χ2v) is 28.4. The number of allylic oxidation sites excluding steroid dienone is 2. The van der Waals surface area contributed by atoms with E-state index in [1.165, 1.54) is 47.2 Å². The topological polar surface area (TPSA) is 0 Å². The summed E-state index contributed by atoms with van der Waals surface area (Å²) in [6.07, 6.45) is 11.1. The molecular formula is C34H34Cl2Hf. The van der Waals surface area contributed by atoms with Crippen LogP contribution < -0.4 is 0 Å². The summed E-state index contributed by atoms with van der Waals surface area (Å²) < 4.78 is 3.63. The van der Waals surface area contributed by atoms with Crippen LogP contribution in [-0.2, 0) is 20.0 Å². The van der Waals surface area contributed by atoms with Crippen LogP contribution in [0, 0.1) is 0 Å². The molecule has 1 aliphatic heterocycles. The molecule has 3 aliphatic carbocycles. The molecule has 0 N–H and O–H groups in total. The summed E-state index contributed by atoms with van der Waals surface area (Å²) in [4.78, 5) is 0. The van der Waals surface area contributed by atoms with Gasteiger partial charge in [-0.15, -0.1) is 24.8 Å². The molecule has 3 heteroatoms. The number of rotatable bonds is 2. The molecule has 4 aromatic carbocycles. The Morgan fingerprint density at radius 1 is 0.568 bits per heavy atom. The first kappa shape index (κ1) is 25.6. The van der Waals surface area contributed by atoms with Crippen LogP contribution >= 0.6 is 24.8 Å². The van der Waals surface area contributed by atoms with Crippen molar-refractivity contribution in [2.45, 2.75) is 54.2 Å². The van der Waals surface area contributed by atoms with Gasteiger partial charge >= 0.3 is 214 Å². The van der Waals surface area contributed by atoms with E-state index in [-0.39, 0.29) is 24.8 Å². The maximum Gasteiger partial charge on any atom is -0.147 e. The van der Waals surface area contributed by atoms with Gasteiger partial charge in [-0.2, -0.15) is 0 Å². The summed E-state index contributed by atoms with van der Waals surface area (Å²) in [5.74, 6) is 0. The predicted molar refractivity (Wildman–Crippen MR) is 161 cm³/mol. The molecule has 0 amide bonds. The first-order valence-electron chi connectivity index (χ1n) is 13.6. The van der Waals surface area contributed by atoms with E-state index in [4.69, 9.17) is 0 Å². The molecule has 37 heavy (non-hydrogen) atoms. The van der Waals surface area contributed by atoms with Gasteiger partial charge < -0.3 is 0 Å². The molecule has 1 saturated heterocycles. The molecule has 0 spiro atoms. The van der Waals surface area contributed by atoms with Crippen molar-refractivity contribution in [3.63, 3.8) is 0 Å². The average molecular weight is 692 g/mol. The van der Waals surface area contributed by atoms with Crippen LogP contribution in [0.25, 0.3) is 33.7 Å². The van der Waals surface area contributed by atoms with Gasteiger partial charge in [0.15, 0.2) is 0 Å². The van der Waals surface area contributed by atoms with Crippen LogP contribution in [-0.4, -0.2) is 0 Å². The Balaban J connectivity index is 0.00000126. The third-order valence-electron chi connectivity index (χ3n) is 10.2. The van der Waals surface area contributed by atoms with Gasteiger partial charge in [-0.25, -0.2) is 0 Å². The second kappa shape index (κ2) is 9.22. The molecule has 1 saturated carbocycles. The predicted octanol–water partition coefficient (Wildman–Crippen LogP) is 10.8. The maximum atomic E-state index is 2.60. The fraction of sp³-hybridized carbons (Fsp3) is 0.294. The van der Waals surface area contributed by atoms with E-state index in [2.05, 4.69) is 98.8 Å². The minimum Gasteiger partial charge on any atom is -0.147 e. The van der Waals surface area contributed by atoms with Gasteiger partial charge in [0.25, 0.3) is 0 Å². The third-order valence-corrected chi connectivity index (χ3v) is 35.7. The molecule has 0 bridgehead atoms. The second-order valence-electron chi connectivity index (χ2n) is 11.7. The van der Waals surface area contributed by atoms with Crippen LogP contribution in [0.2, 0.25) is 7.35 Å². The van der Waals surface area contributed by atoms with Crippen LogP contribution in [0.1, 0.15) is 69.1 Å². The SMILES string of the molecule is CC1=Cc2c(ccc3ccccc23)[CH]1[Hf]1([CH]2C(C)=Cc3c2ccc2ccccc32)[CH]2CCCC[CH]21.Cl.Cl. The Bertz CT molecular complexity index is 1490. The van der Waals surface area contributed by atoms with Crippen molar-refractivity contribution in [1.82, 2.24) is 0 Å². The zero-order valence-corrected chi connectivity index (χ0v) is 26.8. The summed E-state index contributed by atoms with van der Waals surface area (Å²) in [5, 5.41) is 5.71. The fourth-order valence-electron chi connectivity index (χ4n) is 9.13. The molecule has 4 atom stereocenters. The van der Waals surface area contributed by atoms with Gasteiger partial charge in [0, 0.05) is 0 Å². The van der Waals surface area contributed by atoms with Crippen LogP contribution in [0.4, 0.5) is 0 Å². The normalized spacial score (nSPS) is 28.9. The van der Waals surface area contributed by atoms with Gasteiger partial charge in [-0.05, 0) is 0 Å². The minimum absolute atomic E-state index is 0. The molecule has 1 heterocycles. The van der Waals surface area contributed by atoms with E-state index >= 15 is 0 Å². The van der Waals surface area contributed by atoms with Crippen molar-refractivity contribution in [1.29, 1.82) is 0 Å². The van der Waals surface area contributed by atoms with E-state index in [0.717, 1.165) is 14.7 Å². The molecule has 0 nitrogen and oxygen atoms in total. The number of hydrogen-bond acceptors (Lipinski definition) is 0. The Labute approximate surface area is 237 Å². The molecule has 0 aromatic heterocycles. The fourth-order valence-corrected chi connectivity index (χ4v) is 44.6. The summed E-state index contributed by atoms with van der Waals surface area (Å²) >= 11 is -2.95. The van der Waals surface area contributed by atoms with Gasteiger partial charge in [-0.3, -0.25) is 0 Å². The van der Waals surface area contributed by atoms with Crippen molar-refractivity contribution in [2.24, 2.45) is 0 Å². The van der Waals surface area contributed by atoms with Gasteiger partial charge in [-0.1, -0.05) is 0 Å². The van der Waals surface area contributed by atoms with Crippen LogP contribution in [0.3, 0.4) is 0 Å². The molecule has 188 valence electrons. The number of hydrogen-bond donors (Lipinski definition) is 0. The number of fused-ring (bicyclic) bond motifs is 7. The van der Waals surface area contributed by atoms with Crippen LogP contribution in [0.5, 0.6) is 0 Å². The number of halogens is 2. The Kier molecular flexibility index (Phi) is 6.38. The quantitative estimate of drug-likeness (QED) is 0.184. The standard InChI is InChI=1S/2C14H11.C6H10.2ClH.Hf/c2*1-10-8-12-7-6-11-4-2-3-5-13(11)14(12)9-10;1-2-4-6-5-3-1;;;/h2*2-9H,1H3;1-2H,3-6H2;2*1H;. The first-order valence-corrected chi connectivity index (χ1v) is 21.9. The molecular weight excluding hydrogens is 658 g/mol. The van der Waals surface area contributed by atoms with E-state index in [1.807, 2.05) is 0 Å². The Morgan fingerprint density at radius 2 is 1.00 bits per heavy atom. The van der Waals surface area contributed by atoms with Gasteiger partial charge in [0.1, 0.15) is 0 Å². The average Bonchev–Trinajstić information content (AvgIpc) is 3.20. The van der Waals surface area contributed by atoms with E-state index in [9.17, 15) is 0 Å². The Morgan fingerprint density at radius 3 is 1.46 bits per heavy atom. The molecule has 4 aromatic rings. The third kappa shape index (κ3) is 3.36. The van der Waals surface area contributed by atoms with E-state index < -0.39 is 20.0 Å². The van der Waals surface area contributed by atoms with Gasteiger partial charge in [0.2, 0.25) is 0 Å². The van der Waals surface area contributed by atoms with E-state index in [0.29, 0.717) is 0 Å².